The molecule has 0 aromatic rings. The Balaban J connectivity index is 2.64. The van der Waals surface area contributed by atoms with Gasteiger partial charge in [-0.2, -0.15) is 0 Å². The Labute approximate surface area is 115 Å². The summed E-state index contributed by atoms with van der Waals surface area (Å²) >= 11 is 0. The summed E-state index contributed by atoms with van der Waals surface area (Å²) in [6, 6.07) is -0.518. The first kappa shape index (κ1) is 16.0. The lowest BCUT2D eigenvalue weighted by atomic mass is 9.58. The first-order valence-electron chi connectivity index (χ1n) is 6.84. The predicted octanol–water partition coefficient (Wildman–Crippen LogP) is 1.06. The molecule has 0 bridgehead atoms. The van der Waals surface area contributed by atoms with Gasteiger partial charge in [-0.1, -0.05) is 27.7 Å². The zero-order valence-corrected chi connectivity index (χ0v) is 12.5. The lowest BCUT2D eigenvalue weighted by molar-refractivity contribution is -0.148. The number of carbonyl (C=O) groups excluding carboxylic acids is 2. The van der Waals surface area contributed by atoms with Gasteiger partial charge < -0.3 is 15.8 Å². The number of rotatable bonds is 5. The van der Waals surface area contributed by atoms with Gasteiger partial charge in [0.05, 0.1) is 7.11 Å². The van der Waals surface area contributed by atoms with E-state index in [1.54, 1.807) is 0 Å². The van der Waals surface area contributed by atoms with Crippen LogP contribution < -0.4 is 11.1 Å². The molecule has 1 saturated carbocycles. The molecule has 0 radical (unpaired) electrons. The van der Waals surface area contributed by atoms with Crippen molar-refractivity contribution in [2.45, 2.75) is 52.6 Å². The summed E-state index contributed by atoms with van der Waals surface area (Å²) < 4.78 is 4.74. The molecular formula is C14H26N2O3. The molecule has 1 fully saturated rings. The van der Waals surface area contributed by atoms with E-state index < -0.39 is 6.04 Å². The predicted molar refractivity (Wildman–Crippen MR) is 73.3 cm³/mol. The first-order valence-corrected chi connectivity index (χ1v) is 6.84. The molecule has 3 N–H and O–H groups in total. The van der Waals surface area contributed by atoms with Crippen molar-refractivity contribution in [1.29, 1.82) is 0 Å². The lowest BCUT2D eigenvalue weighted by Gasteiger charge is -2.49. The van der Waals surface area contributed by atoms with E-state index in [1.807, 2.05) is 27.7 Å². The maximum atomic E-state index is 12.2. The number of esters is 1. The van der Waals surface area contributed by atoms with Crippen molar-refractivity contribution in [3.8, 4) is 0 Å². The Morgan fingerprint density at radius 2 is 2.00 bits per heavy atom. The van der Waals surface area contributed by atoms with E-state index in [-0.39, 0.29) is 29.3 Å². The van der Waals surface area contributed by atoms with E-state index in [0.717, 1.165) is 0 Å². The van der Waals surface area contributed by atoms with E-state index in [1.165, 1.54) is 7.11 Å². The number of nitrogens with two attached hydrogens (primary N) is 1. The van der Waals surface area contributed by atoms with Crippen LogP contribution in [0.1, 0.15) is 40.5 Å². The zero-order chi connectivity index (χ0) is 14.8. The fourth-order valence-corrected chi connectivity index (χ4v) is 2.50. The highest BCUT2D eigenvalue weighted by molar-refractivity contribution is 5.86. The average Bonchev–Trinajstić information content (AvgIpc) is 2.33. The van der Waals surface area contributed by atoms with Gasteiger partial charge >= 0.3 is 5.97 Å². The molecule has 0 aromatic carbocycles. The lowest BCUT2D eigenvalue weighted by Crippen LogP contribution is -2.61. The van der Waals surface area contributed by atoms with E-state index in [2.05, 4.69) is 5.32 Å². The van der Waals surface area contributed by atoms with Crippen LogP contribution in [0.4, 0.5) is 0 Å². The van der Waals surface area contributed by atoms with Crippen LogP contribution in [0.3, 0.4) is 0 Å². The van der Waals surface area contributed by atoms with Crippen LogP contribution >= 0.6 is 0 Å². The van der Waals surface area contributed by atoms with Gasteiger partial charge in [0.25, 0.3) is 0 Å². The maximum absolute atomic E-state index is 12.2. The molecular weight excluding hydrogens is 244 g/mol. The van der Waals surface area contributed by atoms with Gasteiger partial charge in [0.2, 0.25) is 5.91 Å². The number of hydrogen-bond acceptors (Lipinski definition) is 4. The molecule has 110 valence electrons. The van der Waals surface area contributed by atoms with Crippen LogP contribution in [0.2, 0.25) is 0 Å². The normalized spacial score (nSPS) is 26.5. The molecule has 5 nitrogen and oxygen atoms in total. The summed E-state index contributed by atoms with van der Waals surface area (Å²) in [6.45, 7) is 7.98. The van der Waals surface area contributed by atoms with Crippen molar-refractivity contribution in [2.24, 2.45) is 23.0 Å². The smallest absolute Gasteiger partial charge is 0.328 e. The fourth-order valence-electron chi connectivity index (χ4n) is 2.50. The Kier molecular flexibility index (Phi) is 4.96. The monoisotopic (exact) mass is 270 g/mol. The number of hydrogen-bond donors (Lipinski definition) is 2. The summed E-state index contributed by atoms with van der Waals surface area (Å²) in [5, 5.41) is 2.81. The van der Waals surface area contributed by atoms with Crippen molar-refractivity contribution in [1.82, 2.24) is 5.32 Å². The largest absolute Gasteiger partial charge is 0.467 e. The average molecular weight is 270 g/mol. The maximum Gasteiger partial charge on any atom is 0.328 e. The molecule has 1 aliphatic carbocycles. The Hall–Kier alpha value is -1.10. The highest BCUT2D eigenvalue weighted by Gasteiger charge is 2.50. The van der Waals surface area contributed by atoms with Gasteiger partial charge in [0.1, 0.15) is 6.04 Å². The summed E-state index contributed by atoms with van der Waals surface area (Å²) in [7, 11) is 1.34. The third-order valence-corrected chi connectivity index (χ3v) is 4.17. The molecule has 0 saturated heterocycles. The van der Waals surface area contributed by atoms with Gasteiger partial charge in [-0.25, -0.2) is 4.79 Å². The second-order valence-electron chi connectivity index (χ2n) is 6.43. The van der Waals surface area contributed by atoms with Gasteiger partial charge in [-0.3, -0.25) is 4.79 Å². The number of amides is 1. The molecule has 5 heteroatoms. The molecule has 0 spiro atoms. The second-order valence-corrected chi connectivity index (χ2v) is 6.43. The second kappa shape index (κ2) is 5.90. The molecule has 1 unspecified atom stereocenters. The molecule has 0 aromatic heterocycles. The zero-order valence-electron chi connectivity index (χ0n) is 12.5. The summed E-state index contributed by atoms with van der Waals surface area (Å²) in [5.41, 5.74) is 5.70. The standard InChI is InChI=1S/C14H26N2O3/c1-8(2)6-10(13(18)19-5)16-12(17)9-7-11(15)14(9,3)4/h8-11H,6-7,15H2,1-5H3,(H,16,17)/t9-,10?,11-/m1/s1. The minimum absolute atomic E-state index is 0.0462. The molecule has 1 rings (SSSR count). The van der Waals surface area contributed by atoms with Crippen molar-refractivity contribution < 1.29 is 14.3 Å². The van der Waals surface area contributed by atoms with Crippen LogP contribution in [-0.4, -0.2) is 31.1 Å². The molecule has 0 heterocycles. The quantitative estimate of drug-likeness (QED) is 0.732. The first-order chi connectivity index (χ1) is 8.70. The summed E-state index contributed by atoms with van der Waals surface area (Å²) in [4.78, 5) is 23.9. The number of carbonyl (C=O) groups is 2. The number of nitrogens with one attached hydrogen (secondary N) is 1. The van der Waals surface area contributed by atoms with Crippen molar-refractivity contribution in [3.63, 3.8) is 0 Å². The molecule has 1 amide bonds. The Morgan fingerprint density at radius 3 is 2.37 bits per heavy atom. The van der Waals surface area contributed by atoms with Gasteiger partial charge in [-0.05, 0) is 24.2 Å². The Bertz CT molecular complexity index is 353. The van der Waals surface area contributed by atoms with E-state index in [9.17, 15) is 9.59 Å². The molecule has 3 atom stereocenters. The van der Waals surface area contributed by atoms with Crippen molar-refractivity contribution in [2.75, 3.05) is 7.11 Å². The summed E-state index contributed by atoms with van der Waals surface area (Å²) in [5.74, 6) is -0.297. The SMILES string of the molecule is COC(=O)C(CC(C)C)NC(=O)[C@H]1C[C@@H](N)C1(C)C. The fraction of sp³-hybridized carbons (Fsp3) is 0.857. The highest BCUT2D eigenvalue weighted by Crippen LogP contribution is 2.45. The van der Waals surface area contributed by atoms with Crippen LogP contribution in [-0.2, 0) is 14.3 Å². The molecule has 19 heavy (non-hydrogen) atoms. The Morgan fingerprint density at radius 1 is 1.42 bits per heavy atom. The van der Waals surface area contributed by atoms with E-state index in [4.69, 9.17) is 10.5 Å². The molecule has 0 aliphatic heterocycles. The van der Waals surface area contributed by atoms with Gasteiger partial charge in [0.15, 0.2) is 0 Å². The third kappa shape index (κ3) is 3.47. The number of ether oxygens (including phenoxy) is 1. The van der Waals surface area contributed by atoms with Crippen LogP contribution in [0.25, 0.3) is 0 Å². The molecule has 1 aliphatic rings. The van der Waals surface area contributed by atoms with Gasteiger partial charge in [-0.15, -0.1) is 0 Å². The van der Waals surface area contributed by atoms with Crippen LogP contribution in [0.5, 0.6) is 0 Å². The van der Waals surface area contributed by atoms with Crippen molar-refractivity contribution in [3.05, 3.63) is 0 Å². The third-order valence-electron chi connectivity index (χ3n) is 4.17. The van der Waals surface area contributed by atoms with E-state index in [0.29, 0.717) is 18.8 Å². The van der Waals surface area contributed by atoms with Crippen molar-refractivity contribution >= 4 is 11.9 Å². The number of methoxy groups -OCH3 is 1. The summed E-state index contributed by atoms with van der Waals surface area (Å²) in [6.07, 6.45) is 1.26. The minimum Gasteiger partial charge on any atom is -0.467 e. The highest BCUT2D eigenvalue weighted by atomic mass is 16.5. The van der Waals surface area contributed by atoms with Crippen LogP contribution in [0, 0.1) is 17.3 Å². The van der Waals surface area contributed by atoms with Gasteiger partial charge in [0, 0.05) is 12.0 Å². The minimum atomic E-state index is -0.565. The van der Waals surface area contributed by atoms with E-state index >= 15 is 0 Å². The topological polar surface area (TPSA) is 81.4 Å². The van der Waals surface area contributed by atoms with Crippen LogP contribution in [0.15, 0.2) is 0 Å².